The highest BCUT2D eigenvalue weighted by molar-refractivity contribution is 6.30. The van der Waals surface area contributed by atoms with E-state index in [0.29, 0.717) is 0 Å². The number of imidazole rings is 1. The van der Waals surface area contributed by atoms with Gasteiger partial charge in [0, 0.05) is 38.5 Å². The van der Waals surface area contributed by atoms with Gasteiger partial charge in [0.2, 0.25) is 0 Å². The zero-order valence-corrected chi connectivity index (χ0v) is 26.8. The third-order valence-corrected chi connectivity index (χ3v) is 10.0. The van der Waals surface area contributed by atoms with Gasteiger partial charge in [-0.25, -0.2) is 15.0 Å². The number of hydrogen-bond donors (Lipinski definition) is 0. The van der Waals surface area contributed by atoms with E-state index in [-0.39, 0.29) is 0 Å². The maximum atomic E-state index is 5.32. The summed E-state index contributed by atoms with van der Waals surface area (Å²) in [5.41, 5.74) is 13.2. The molecular weight excluding hydrogens is 611 g/mol. The fourth-order valence-corrected chi connectivity index (χ4v) is 7.90. The monoisotopic (exact) mass is 637 g/mol. The van der Waals surface area contributed by atoms with E-state index >= 15 is 0 Å². The Labute approximate surface area is 286 Å². The fourth-order valence-electron chi connectivity index (χ4n) is 7.90. The highest BCUT2D eigenvalue weighted by Gasteiger charge is 2.24. The minimum atomic E-state index is 0.849. The van der Waals surface area contributed by atoms with Crippen molar-refractivity contribution in [1.82, 2.24) is 23.9 Å². The average Bonchev–Trinajstić information content (AvgIpc) is 3.70. The molecule has 0 fully saturated rings. The number of nitrogens with zero attached hydrogens (tertiary/aromatic N) is 5. The van der Waals surface area contributed by atoms with Crippen LogP contribution in [-0.2, 0) is 0 Å². The molecule has 0 bridgehead atoms. The number of benzene rings is 7. The molecule has 0 amide bonds. The molecular formula is C45H27N5. The molecule has 5 nitrogen and oxygen atoms in total. The number of hydrogen-bond acceptors (Lipinski definition) is 3. The second-order valence-electron chi connectivity index (χ2n) is 12.8. The predicted molar refractivity (Wildman–Crippen MR) is 205 cm³/mol. The van der Waals surface area contributed by atoms with Crippen LogP contribution < -0.4 is 0 Å². The van der Waals surface area contributed by atoms with Crippen molar-refractivity contribution in [3.8, 4) is 39.6 Å². The Balaban J connectivity index is 1.24. The van der Waals surface area contributed by atoms with Gasteiger partial charge in [0.1, 0.15) is 5.82 Å². The van der Waals surface area contributed by atoms with E-state index in [1.807, 2.05) is 12.1 Å². The van der Waals surface area contributed by atoms with Crippen LogP contribution in [0.1, 0.15) is 0 Å². The molecule has 232 valence electrons. The first-order valence-electron chi connectivity index (χ1n) is 16.9. The van der Waals surface area contributed by atoms with Crippen molar-refractivity contribution in [1.29, 1.82) is 0 Å². The first kappa shape index (κ1) is 27.1. The molecule has 0 unspecified atom stereocenters. The quantitative estimate of drug-likeness (QED) is 0.193. The highest BCUT2D eigenvalue weighted by Crippen LogP contribution is 2.44. The van der Waals surface area contributed by atoms with Gasteiger partial charge in [-0.05, 0) is 47.9 Å². The molecule has 0 radical (unpaired) electrons. The molecule has 0 N–H and O–H groups in total. The minimum Gasteiger partial charge on any atom is -0.309 e. The normalized spacial score (nSPS) is 12.0. The average molecular weight is 638 g/mol. The van der Waals surface area contributed by atoms with Crippen LogP contribution in [-0.4, -0.2) is 23.9 Å². The van der Waals surface area contributed by atoms with Crippen molar-refractivity contribution in [2.75, 3.05) is 0 Å². The Morgan fingerprint density at radius 2 is 0.960 bits per heavy atom. The highest BCUT2D eigenvalue weighted by atomic mass is 15.0. The van der Waals surface area contributed by atoms with Crippen LogP contribution in [0.2, 0.25) is 0 Å². The van der Waals surface area contributed by atoms with Gasteiger partial charge in [0.05, 0.1) is 50.0 Å². The van der Waals surface area contributed by atoms with Crippen LogP contribution >= 0.6 is 0 Å². The largest absolute Gasteiger partial charge is 0.309 e. The Bertz CT molecular complexity index is 3070. The van der Waals surface area contributed by atoms with Gasteiger partial charge in [0.25, 0.3) is 0 Å². The second kappa shape index (κ2) is 10.3. The van der Waals surface area contributed by atoms with Gasteiger partial charge in [-0.2, -0.15) is 0 Å². The van der Waals surface area contributed by atoms with Crippen LogP contribution in [0.25, 0.3) is 99.8 Å². The van der Waals surface area contributed by atoms with Crippen LogP contribution in [0.15, 0.2) is 164 Å². The molecule has 11 aromatic rings. The summed E-state index contributed by atoms with van der Waals surface area (Å²) in [7, 11) is 0. The van der Waals surface area contributed by atoms with Crippen molar-refractivity contribution < 1.29 is 0 Å². The molecule has 0 aliphatic carbocycles. The minimum absolute atomic E-state index is 0.849. The molecule has 0 saturated heterocycles. The molecule has 0 saturated carbocycles. The van der Waals surface area contributed by atoms with E-state index < -0.39 is 0 Å². The van der Waals surface area contributed by atoms with Crippen molar-refractivity contribution in [3.05, 3.63) is 164 Å². The summed E-state index contributed by atoms with van der Waals surface area (Å²) in [6.45, 7) is 0. The van der Waals surface area contributed by atoms with Crippen molar-refractivity contribution in [2.45, 2.75) is 0 Å². The summed E-state index contributed by atoms with van der Waals surface area (Å²) in [6.07, 6.45) is 0. The summed E-state index contributed by atoms with van der Waals surface area (Å²) < 4.78 is 4.75. The third kappa shape index (κ3) is 3.80. The smallest absolute Gasteiger partial charge is 0.145 e. The lowest BCUT2D eigenvalue weighted by Crippen LogP contribution is -1.98. The summed E-state index contributed by atoms with van der Waals surface area (Å²) in [5, 5.41) is 4.84. The molecule has 50 heavy (non-hydrogen) atoms. The van der Waals surface area contributed by atoms with E-state index in [9.17, 15) is 0 Å². The Morgan fingerprint density at radius 3 is 1.70 bits per heavy atom. The molecule has 0 spiro atoms. The van der Waals surface area contributed by atoms with E-state index in [0.717, 1.165) is 78.2 Å². The van der Waals surface area contributed by atoms with Crippen molar-refractivity contribution >= 4 is 60.2 Å². The van der Waals surface area contributed by atoms with Gasteiger partial charge in [-0.15, -0.1) is 0 Å². The maximum Gasteiger partial charge on any atom is 0.145 e. The Kier molecular flexibility index (Phi) is 5.60. The van der Waals surface area contributed by atoms with Crippen molar-refractivity contribution in [3.63, 3.8) is 0 Å². The van der Waals surface area contributed by atoms with Gasteiger partial charge in [0.15, 0.2) is 0 Å². The predicted octanol–water partition coefficient (Wildman–Crippen LogP) is 11.1. The first-order valence-corrected chi connectivity index (χ1v) is 16.9. The van der Waals surface area contributed by atoms with Crippen molar-refractivity contribution in [2.24, 2.45) is 0 Å². The van der Waals surface area contributed by atoms with Gasteiger partial charge in [-0.1, -0.05) is 121 Å². The summed E-state index contributed by atoms with van der Waals surface area (Å²) in [6, 6.07) is 57.5. The first-order chi connectivity index (χ1) is 24.8. The molecule has 0 aliphatic rings. The van der Waals surface area contributed by atoms with Gasteiger partial charge in [-0.3, -0.25) is 4.40 Å². The lowest BCUT2D eigenvalue weighted by molar-refractivity contribution is 1.18. The summed E-state index contributed by atoms with van der Waals surface area (Å²) in [4.78, 5) is 15.8. The molecule has 0 atom stereocenters. The molecule has 4 heterocycles. The second-order valence-corrected chi connectivity index (χ2v) is 12.8. The van der Waals surface area contributed by atoms with Crippen LogP contribution in [0, 0.1) is 0 Å². The van der Waals surface area contributed by atoms with Crippen LogP contribution in [0.5, 0.6) is 0 Å². The van der Waals surface area contributed by atoms with Gasteiger partial charge < -0.3 is 4.57 Å². The number of fused-ring (bicyclic) bond motifs is 4. The zero-order valence-electron chi connectivity index (χ0n) is 26.8. The molecule has 4 aromatic heterocycles. The topological polar surface area (TPSA) is 48.0 Å². The maximum absolute atomic E-state index is 5.32. The van der Waals surface area contributed by atoms with Crippen LogP contribution in [0.3, 0.4) is 0 Å². The van der Waals surface area contributed by atoms with E-state index in [1.165, 1.54) is 21.5 Å². The standard InChI is InChI=1S/C45H27N5/c1-4-13-28(14-5-1)42-43(29-15-6-2-7-16-29)47-36-27-31(23-24-34(36)46-42)49-38-22-12-20-33-32-19-10-11-21-37(32)50-44-35(25-26-39(49)41(44)40(33)38)48-45(50)30-17-8-3-9-18-30/h1-27H. The van der Waals surface area contributed by atoms with Crippen LogP contribution in [0.4, 0.5) is 0 Å². The van der Waals surface area contributed by atoms with E-state index in [4.69, 9.17) is 15.0 Å². The Morgan fingerprint density at radius 1 is 0.380 bits per heavy atom. The lowest BCUT2D eigenvalue weighted by Gasteiger charge is -2.13. The molecule has 5 heteroatoms. The Hall–Kier alpha value is -6.85. The van der Waals surface area contributed by atoms with Gasteiger partial charge >= 0.3 is 0 Å². The number of para-hydroxylation sites is 1. The number of rotatable bonds is 4. The molecule has 11 rings (SSSR count). The van der Waals surface area contributed by atoms with E-state index in [1.54, 1.807) is 0 Å². The molecule has 7 aromatic carbocycles. The van der Waals surface area contributed by atoms with E-state index in [2.05, 4.69) is 161 Å². The lowest BCUT2D eigenvalue weighted by atomic mass is 10.0. The SMILES string of the molecule is c1ccc(-c2nc3ccc(-n4c5cccc6c7ccccc7n7c(-c8ccccc8)nc8ccc4c(c65)c87)cc3nc2-c2ccccc2)cc1. The zero-order chi connectivity index (χ0) is 32.8. The fraction of sp³-hybridized carbons (Fsp3) is 0. The molecule has 0 aliphatic heterocycles. The third-order valence-electron chi connectivity index (χ3n) is 10.0. The number of aromatic nitrogens is 5. The summed E-state index contributed by atoms with van der Waals surface area (Å²) >= 11 is 0. The summed E-state index contributed by atoms with van der Waals surface area (Å²) in [5.74, 6) is 0.942.